The van der Waals surface area contributed by atoms with Gasteiger partial charge in [0.2, 0.25) is 0 Å². The highest BCUT2D eigenvalue weighted by molar-refractivity contribution is 7.80. The number of carbonyl (C=O) groups excluding carboxylic acids is 1. The first-order valence-electron chi connectivity index (χ1n) is 3.42. The minimum absolute atomic E-state index is 0.0608. The number of aliphatic hydroxyl groups is 1. The number of nitrogens with one attached hydrogen (secondary N) is 1. The second kappa shape index (κ2) is 6.81. The molecule has 70 valence electrons. The number of hydrogen-bond acceptors (Lipinski definition) is 5. The lowest BCUT2D eigenvalue weighted by atomic mass is 10.8. The Balaban J connectivity index is 3.47. The Morgan fingerprint density at radius 3 is 2.75 bits per heavy atom. The van der Waals surface area contributed by atoms with Crippen LogP contribution in [0.2, 0.25) is 0 Å². The maximum absolute atomic E-state index is 10.7. The van der Waals surface area contributed by atoms with Crippen LogP contribution < -0.4 is 5.32 Å². The molecule has 0 atom stereocenters. The largest absolute Gasteiger partial charge is 0.468 e. The molecule has 6 heteroatoms. The summed E-state index contributed by atoms with van der Waals surface area (Å²) in [6.07, 6.45) is -0.652. The molecule has 0 radical (unpaired) electrons. The molecule has 2 N–H and O–H groups in total. The van der Waals surface area contributed by atoms with Crippen molar-refractivity contribution in [3.63, 3.8) is 0 Å². The van der Waals surface area contributed by atoms with Crippen molar-refractivity contribution in [1.29, 1.82) is 0 Å². The third-order valence-electron chi connectivity index (χ3n) is 0.804. The van der Waals surface area contributed by atoms with Gasteiger partial charge in [0.05, 0.1) is 13.2 Å². The summed E-state index contributed by atoms with van der Waals surface area (Å²) in [4.78, 5) is 10.7. The summed E-state index contributed by atoms with van der Waals surface area (Å²) in [5.74, 6) is 0. The Morgan fingerprint density at radius 2 is 2.25 bits per heavy atom. The number of hydrogen-bond donors (Lipinski definition) is 2. The van der Waals surface area contributed by atoms with Crippen LogP contribution in [0.15, 0.2) is 0 Å². The van der Waals surface area contributed by atoms with Gasteiger partial charge in [-0.25, -0.2) is 4.79 Å². The summed E-state index contributed by atoms with van der Waals surface area (Å²) in [6, 6.07) is 0. The Hall–Kier alpha value is -0.880. The topological polar surface area (TPSA) is 67.8 Å². The molecular weight excluding hydrogens is 182 g/mol. The van der Waals surface area contributed by atoms with E-state index in [1.807, 2.05) is 0 Å². The lowest BCUT2D eigenvalue weighted by Gasteiger charge is -2.06. The first kappa shape index (κ1) is 11.1. The van der Waals surface area contributed by atoms with E-state index >= 15 is 0 Å². The van der Waals surface area contributed by atoms with Gasteiger partial charge in [0.15, 0.2) is 0 Å². The van der Waals surface area contributed by atoms with Crippen LogP contribution in [0.4, 0.5) is 4.79 Å². The molecule has 0 aliphatic heterocycles. The van der Waals surface area contributed by atoms with Gasteiger partial charge in [-0.15, -0.1) is 0 Å². The second-order valence-electron chi connectivity index (χ2n) is 1.70. The number of alkyl carbamates (subject to hydrolysis) is 1. The van der Waals surface area contributed by atoms with E-state index in [0.717, 1.165) is 0 Å². The zero-order valence-electron chi connectivity index (χ0n) is 6.70. The average molecular weight is 193 g/mol. The second-order valence-corrected chi connectivity index (χ2v) is 2.08. The zero-order valence-corrected chi connectivity index (χ0v) is 7.52. The fourth-order valence-corrected chi connectivity index (χ4v) is 0.592. The Bertz CT molecular complexity index is 162. The summed E-state index contributed by atoms with van der Waals surface area (Å²) in [5, 5.41) is 10.4. The number of amides is 1. The predicted octanol–water partition coefficient (Wildman–Crippen LogP) is 0.0263. The molecule has 0 rings (SSSR count). The van der Waals surface area contributed by atoms with Crippen molar-refractivity contribution in [3.05, 3.63) is 0 Å². The monoisotopic (exact) mass is 193 g/mol. The first-order chi connectivity index (χ1) is 5.70. The van der Waals surface area contributed by atoms with Crippen molar-refractivity contribution >= 4 is 23.5 Å². The lowest BCUT2D eigenvalue weighted by molar-refractivity contribution is 0.151. The van der Waals surface area contributed by atoms with E-state index in [1.54, 1.807) is 6.92 Å². The van der Waals surface area contributed by atoms with Gasteiger partial charge < -0.3 is 14.6 Å². The van der Waals surface area contributed by atoms with Crippen LogP contribution >= 0.6 is 12.2 Å². The molecule has 0 aliphatic carbocycles. The van der Waals surface area contributed by atoms with Crippen LogP contribution in [-0.4, -0.2) is 36.2 Å². The van der Waals surface area contributed by atoms with Gasteiger partial charge in [-0.05, 0) is 19.1 Å². The standard InChI is InChI=1S/C6H11NO4S/c1-2-10-5(9)7-6(12)11-4-3-8/h8H,2-4H2,1H3,(H,7,9,12). The maximum atomic E-state index is 10.7. The van der Waals surface area contributed by atoms with E-state index in [-0.39, 0.29) is 25.0 Å². The summed E-state index contributed by atoms with van der Waals surface area (Å²) in [7, 11) is 0. The Morgan fingerprint density at radius 1 is 1.58 bits per heavy atom. The molecule has 12 heavy (non-hydrogen) atoms. The summed E-state index contributed by atoms with van der Waals surface area (Å²) in [5.41, 5.74) is 0. The third kappa shape index (κ3) is 5.87. The number of aliphatic hydroxyl groups excluding tert-OH is 1. The smallest absolute Gasteiger partial charge is 0.414 e. The summed E-state index contributed by atoms with van der Waals surface area (Å²) >= 11 is 4.56. The van der Waals surface area contributed by atoms with Gasteiger partial charge in [-0.2, -0.15) is 0 Å². The minimum Gasteiger partial charge on any atom is -0.468 e. The highest BCUT2D eigenvalue weighted by Gasteiger charge is 2.03. The normalized spacial score (nSPS) is 8.83. The third-order valence-corrected chi connectivity index (χ3v) is 1.02. The molecule has 0 aromatic heterocycles. The lowest BCUT2D eigenvalue weighted by Crippen LogP contribution is -2.31. The van der Waals surface area contributed by atoms with Gasteiger partial charge in [-0.1, -0.05) is 0 Å². The number of carbonyl (C=O) groups is 1. The van der Waals surface area contributed by atoms with Crippen LogP contribution in [0, 0.1) is 0 Å². The van der Waals surface area contributed by atoms with Crippen molar-refractivity contribution < 1.29 is 19.4 Å². The Labute approximate surface area is 75.7 Å². The molecule has 0 saturated heterocycles. The molecule has 0 heterocycles. The fraction of sp³-hybridized carbons (Fsp3) is 0.667. The first-order valence-corrected chi connectivity index (χ1v) is 3.83. The Kier molecular flexibility index (Phi) is 6.31. The van der Waals surface area contributed by atoms with E-state index in [9.17, 15) is 4.79 Å². The van der Waals surface area contributed by atoms with E-state index in [1.165, 1.54) is 0 Å². The molecule has 1 amide bonds. The van der Waals surface area contributed by atoms with Crippen molar-refractivity contribution in [2.24, 2.45) is 0 Å². The van der Waals surface area contributed by atoms with Crippen molar-refractivity contribution in [2.45, 2.75) is 6.92 Å². The molecule has 0 fully saturated rings. The number of rotatable bonds is 3. The fourth-order valence-electron chi connectivity index (χ4n) is 0.425. The quantitative estimate of drug-likeness (QED) is 0.619. The molecule has 0 aromatic rings. The molecule has 0 aliphatic rings. The molecule has 0 saturated carbocycles. The molecule has 0 bridgehead atoms. The average Bonchev–Trinajstić information content (AvgIpc) is 2.01. The van der Waals surface area contributed by atoms with Crippen LogP contribution in [-0.2, 0) is 9.47 Å². The highest BCUT2D eigenvalue weighted by atomic mass is 32.1. The van der Waals surface area contributed by atoms with Crippen LogP contribution in [0.25, 0.3) is 0 Å². The SMILES string of the molecule is CCOC(=O)NC(=S)OCCO. The predicted molar refractivity (Wildman–Crippen MR) is 45.8 cm³/mol. The van der Waals surface area contributed by atoms with Gasteiger partial charge >= 0.3 is 6.09 Å². The molecule has 0 aromatic carbocycles. The van der Waals surface area contributed by atoms with Crippen LogP contribution in [0.1, 0.15) is 6.92 Å². The minimum atomic E-state index is -0.652. The summed E-state index contributed by atoms with van der Waals surface area (Å²) < 4.78 is 9.19. The molecule has 0 unspecified atom stereocenters. The van der Waals surface area contributed by atoms with Gasteiger partial charge in [0, 0.05) is 0 Å². The molecule has 5 nitrogen and oxygen atoms in total. The van der Waals surface area contributed by atoms with Gasteiger partial charge in [-0.3, -0.25) is 5.32 Å². The van der Waals surface area contributed by atoms with E-state index in [0.29, 0.717) is 0 Å². The highest BCUT2D eigenvalue weighted by Crippen LogP contribution is 1.81. The van der Waals surface area contributed by atoms with Gasteiger partial charge in [0.1, 0.15) is 6.61 Å². The number of thiocarbonyl (C=S) groups is 1. The van der Waals surface area contributed by atoms with E-state index < -0.39 is 6.09 Å². The summed E-state index contributed by atoms with van der Waals surface area (Å²) in [6.45, 7) is 1.86. The van der Waals surface area contributed by atoms with Crippen molar-refractivity contribution in [3.8, 4) is 0 Å². The molecule has 0 spiro atoms. The van der Waals surface area contributed by atoms with Crippen molar-refractivity contribution in [2.75, 3.05) is 19.8 Å². The zero-order chi connectivity index (χ0) is 9.40. The van der Waals surface area contributed by atoms with Crippen LogP contribution in [0.5, 0.6) is 0 Å². The maximum Gasteiger partial charge on any atom is 0.414 e. The molecular formula is C6H11NO4S. The number of ether oxygens (including phenoxy) is 2. The van der Waals surface area contributed by atoms with E-state index in [2.05, 4.69) is 27.0 Å². The van der Waals surface area contributed by atoms with E-state index in [4.69, 9.17) is 5.11 Å². The van der Waals surface area contributed by atoms with Gasteiger partial charge in [0.25, 0.3) is 5.17 Å². The van der Waals surface area contributed by atoms with Crippen LogP contribution in [0.3, 0.4) is 0 Å². The van der Waals surface area contributed by atoms with Crippen molar-refractivity contribution in [1.82, 2.24) is 5.32 Å².